The van der Waals surface area contributed by atoms with Crippen LogP contribution in [0.1, 0.15) is 105 Å². The van der Waals surface area contributed by atoms with Crippen LogP contribution >= 0.6 is 0 Å². The van der Waals surface area contributed by atoms with Gasteiger partial charge in [0.15, 0.2) is 0 Å². The Labute approximate surface area is 191 Å². The van der Waals surface area contributed by atoms with Crippen molar-refractivity contribution in [1.82, 2.24) is 0 Å². The van der Waals surface area contributed by atoms with E-state index in [-0.39, 0.29) is 23.2 Å². The molecular weight excluding hydrogens is 380 g/mol. The summed E-state index contributed by atoms with van der Waals surface area (Å²) in [6, 6.07) is 9.01. The summed E-state index contributed by atoms with van der Waals surface area (Å²) in [5.41, 5.74) is 2.22. The van der Waals surface area contributed by atoms with E-state index in [9.17, 15) is 0 Å². The molecule has 174 valence electrons. The van der Waals surface area contributed by atoms with Crippen LogP contribution in [-0.2, 0) is 4.74 Å². The molecule has 0 saturated heterocycles. The first kappa shape index (κ1) is 23.1. The van der Waals surface area contributed by atoms with E-state index >= 15 is 0 Å². The third kappa shape index (κ3) is 4.85. The van der Waals surface area contributed by atoms with E-state index < -0.39 is 0 Å². The molecule has 5 rings (SSSR count). The number of rotatable bonds is 7. The van der Waals surface area contributed by atoms with Gasteiger partial charge in [-0.1, -0.05) is 53.7 Å². The van der Waals surface area contributed by atoms with Crippen LogP contribution in [0.3, 0.4) is 0 Å². The van der Waals surface area contributed by atoms with E-state index in [4.69, 9.17) is 9.47 Å². The van der Waals surface area contributed by atoms with Gasteiger partial charge in [-0.15, -0.1) is 0 Å². The molecule has 0 heterocycles. The zero-order valence-corrected chi connectivity index (χ0v) is 21.3. The maximum Gasteiger partial charge on any atom is 0.206 e. The summed E-state index contributed by atoms with van der Waals surface area (Å²) < 4.78 is 13.2. The summed E-state index contributed by atoms with van der Waals surface area (Å²) in [4.78, 5) is 0. The number of hydrogen-bond donors (Lipinski definition) is 0. The number of benzene rings is 1. The SMILES string of the molecule is CC(C)OC(Oc1ccc(C(CC(C)(C)C)C(C)(C)C)cc1)C12CC3CC(CC1C3)C2. The lowest BCUT2D eigenvalue weighted by Crippen LogP contribution is -2.43. The average Bonchev–Trinajstić information content (AvgIpc) is 3.03. The summed E-state index contributed by atoms with van der Waals surface area (Å²) in [6.07, 6.45) is 8.13. The second-order valence-electron chi connectivity index (χ2n) is 13.7. The zero-order chi connectivity index (χ0) is 22.6. The zero-order valence-electron chi connectivity index (χ0n) is 21.3. The number of ether oxygens (including phenoxy) is 2. The second kappa shape index (κ2) is 8.08. The predicted molar refractivity (Wildman–Crippen MR) is 129 cm³/mol. The summed E-state index contributed by atoms with van der Waals surface area (Å²) in [5, 5.41) is 0. The standard InChI is InChI=1S/C29H46O2/c1-19(2)30-26(29-16-20-13-21(17-29)15-23(29)14-20)31-24-11-9-22(10-12-24)25(28(6,7)8)18-27(3,4)5/h9-12,19-21,23,25-26H,13-18H2,1-8H3. The van der Waals surface area contributed by atoms with Gasteiger partial charge in [-0.3, -0.25) is 0 Å². The van der Waals surface area contributed by atoms with E-state index in [0.717, 1.165) is 23.5 Å². The van der Waals surface area contributed by atoms with Gasteiger partial charge in [-0.2, -0.15) is 0 Å². The minimum Gasteiger partial charge on any atom is -0.464 e. The first-order valence-corrected chi connectivity index (χ1v) is 12.8. The predicted octanol–water partition coefficient (Wildman–Crippen LogP) is 8.21. The molecule has 1 aromatic rings. The van der Waals surface area contributed by atoms with Crippen LogP contribution in [-0.4, -0.2) is 12.4 Å². The fourth-order valence-electron chi connectivity index (χ4n) is 7.21. The Morgan fingerprint density at radius 3 is 1.97 bits per heavy atom. The summed E-state index contributed by atoms with van der Waals surface area (Å²) >= 11 is 0. The smallest absolute Gasteiger partial charge is 0.206 e. The number of hydrogen-bond acceptors (Lipinski definition) is 2. The summed E-state index contributed by atoms with van der Waals surface area (Å²) in [7, 11) is 0. The van der Waals surface area contributed by atoms with Crippen LogP contribution < -0.4 is 4.74 Å². The molecule has 4 unspecified atom stereocenters. The van der Waals surface area contributed by atoms with Crippen molar-refractivity contribution in [3.8, 4) is 5.75 Å². The maximum absolute atomic E-state index is 6.68. The fraction of sp³-hybridized carbons (Fsp3) is 0.793. The monoisotopic (exact) mass is 426 g/mol. The van der Waals surface area contributed by atoms with Gasteiger partial charge in [0.1, 0.15) is 5.75 Å². The quantitative estimate of drug-likeness (QED) is 0.409. The highest BCUT2D eigenvalue weighted by molar-refractivity contribution is 5.31. The molecule has 0 aromatic heterocycles. The molecule has 4 fully saturated rings. The van der Waals surface area contributed by atoms with Crippen molar-refractivity contribution < 1.29 is 9.47 Å². The topological polar surface area (TPSA) is 18.5 Å². The maximum atomic E-state index is 6.68. The molecule has 4 atom stereocenters. The van der Waals surface area contributed by atoms with Crippen molar-refractivity contribution in [3.05, 3.63) is 29.8 Å². The van der Waals surface area contributed by atoms with Crippen LogP contribution in [0.5, 0.6) is 5.75 Å². The largest absolute Gasteiger partial charge is 0.464 e. The molecule has 4 bridgehead atoms. The highest BCUT2D eigenvalue weighted by Crippen LogP contribution is 2.67. The van der Waals surface area contributed by atoms with Gasteiger partial charge in [0, 0.05) is 5.41 Å². The third-order valence-electron chi connectivity index (χ3n) is 8.31. The Bertz CT molecular complexity index is 734. The van der Waals surface area contributed by atoms with Crippen LogP contribution in [0, 0.1) is 34.0 Å². The summed E-state index contributed by atoms with van der Waals surface area (Å²) in [5.74, 6) is 4.12. The van der Waals surface area contributed by atoms with Crippen molar-refractivity contribution >= 4 is 0 Å². The minimum absolute atomic E-state index is 0.105. The van der Waals surface area contributed by atoms with Gasteiger partial charge in [-0.05, 0) is 105 Å². The molecule has 0 spiro atoms. The van der Waals surface area contributed by atoms with Crippen LogP contribution in [0.25, 0.3) is 0 Å². The Kier molecular flexibility index (Phi) is 6.04. The molecule has 2 nitrogen and oxygen atoms in total. The van der Waals surface area contributed by atoms with E-state index in [1.54, 1.807) is 0 Å². The van der Waals surface area contributed by atoms with Crippen LogP contribution in [0.2, 0.25) is 0 Å². The van der Waals surface area contributed by atoms with Gasteiger partial charge in [0.25, 0.3) is 0 Å². The Balaban J connectivity index is 1.54. The highest BCUT2D eigenvalue weighted by Gasteiger charge is 2.62. The lowest BCUT2D eigenvalue weighted by Gasteiger charge is -2.40. The van der Waals surface area contributed by atoms with Crippen molar-refractivity contribution in [2.75, 3.05) is 0 Å². The van der Waals surface area contributed by atoms with E-state index in [0.29, 0.717) is 11.3 Å². The van der Waals surface area contributed by atoms with Gasteiger partial charge in [0.2, 0.25) is 6.29 Å². The molecule has 0 N–H and O–H groups in total. The highest BCUT2D eigenvalue weighted by atomic mass is 16.7. The molecule has 4 aliphatic rings. The molecular formula is C29H46O2. The van der Waals surface area contributed by atoms with Crippen molar-refractivity contribution in [1.29, 1.82) is 0 Å². The van der Waals surface area contributed by atoms with Crippen LogP contribution in [0.4, 0.5) is 0 Å². The molecule has 0 amide bonds. The first-order valence-electron chi connectivity index (χ1n) is 12.8. The average molecular weight is 427 g/mol. The molecule has 0 aliphatic heterocycles. The summed E-state index contributed by atoms with van der Waals surface area (Å²) in [6.45, 7) is 18.4. The van der Waals surface area contributed by atoms with Gasteiger partial charge in [-0.25, -0.2) is 0 Å². The molecule has 4 saturated carbocycles. The van der Waals surface area contributed by atoms with Gasteiger partial charge in [0.05, 0.1) is 6.10 Å². The molecule has 2 heteroatoms. The van der Waals surface area contributed by atoms with Crippen molar-refractivity contribution in [2.24, 2.45) is 34.0 Å². The van der Waals surface area contributed by atoms with E-state index in [1.807, 2.05) is 0 Å². The van der Waals surface area contributed by atoms with Crippen LogP contribution in [0.15, 0.2) is 24.3 Å². The lowest BCUT2D eigenvalue weighted by molar-refractivity contribution is -0.187. The third-order valence-corrected chi connectivity index (χ3v) is 8.31. The molecule has 1 aromatic carbocycles. The van der Waals surface area contributed by atoms with E-state index in [2.05, 4.69) is 79.7 Å². The van der Waals surface area contributed by atoms with Gasteiger partial charge < -0.3 is 9.47 Å². The van der Waals surface area contributed by atoms with Crippen molar-refractivity contribution in [3.63, 3.8) is 0 Å². The Morgan fingerprint density at radius 1 is 0.903 bits per heavy atom. The van der Waals surface area contributed by atoms with Crippen molar-refractivity contribution in [2.45, 2.75) is 112 Å². The van der Waals surface area contributed by atoms with E-state index in [1.165, 1.54) is 44.1 Å². The molecule has 0 radical (unpaired) electrons. The molecule has 4 aliphatic carbocycles. The fourth-order valence-corrected chi connectivity index (χ4v) is 7.21. The lowest BCUT2D eigenvalue weighted by atomic mass is 9.69. The second-order valence-corrected chi connectivity index (χ2v) is 13.7. The molecule has 31 heavy (non-hydrogen) atoms. The normalized spacial score (nSPS) is 32.0. The van der Waals surface area contributed by atoms with Gasteiger partial charge >= 0.3 is 0 Å². The Hall–Kier alpha value is -1.02. The first-order chi connectivity index (χ1) is 14.4. The Morgan fingerprint density at radius 2 is 1.48 bits per heavy atom. The minimum atomic E-state index is -0.105.